The van der Waals surface area contributed by atoms with Crippen LogP contribution in [-0.2, 0) is 11.2 Å². The second kappa shape index (κ2) is 8.94. The number of hydrogen-bond donors (Lipinski definition) is 0. The number of hydrogen-bond acceptors (Lipinski definition) is 5. The molecule has 1 aliphatic heterocycles. The van der Waals surface area contributed by atoms with E-state index in [0.29, 0.717) is 17.5 Å². The van der Waals surface area contributed by atoms with Crippen LogP contribution in [0, 0.1) is 0 Å². The van der Waals surface area contributed by atoms with Gasteiger partial charge in [0.25, 0.3) is 5.91 Å². The predicted molar refractivity (Wildman–Crippen MR) is 127 cm³/mol. The van der Waals surface area contributed by atoms with Crippen LogP contribution >= 0.6 is 0 Å². The first-order chi connectivity index (χ1) is 16.5. The number of fused-ring (bicyclic) bond motifs is 1. The summed E-state index contributed by atoms with van der Waals surface area (Å²) < 4.78 is 7.32. The molecule has 0 radical (unpaired) electrons. The second-order valence-corrected chi connectivity index (χ2v) is 8.40. The van der Waals surface area contributed by atoms with Gasteiger partial charge in [-0.15, -0.1) is 0 Å². The molecule has 0 spiro atoms. The van der Waals surface area contributed by atoms with Gasteiger partial charge in [0.05, 0.1) is 17.3 Å². The lowest BCUT2D eigenvalue weighted by Crippen LogP contribution is -2.30. The standard InChI is InChI=1S/C27H24N4O3/c1-18(19-8-11-23(12-9-19)31-17-28-16-29-31)30(2)26(32)21-10-13-24-22(14-21)15-25(34-27(24)33)20-6-4-3-5-7-20/h3-14,16-18,25H,15H2,1-2H3/t18-,25+/m0/s1. The maximum absolute atomic E-state index is 13.3. The van der Waals surface area contributed by atoms with Crippen molar-refractivity contribution in [2.75, 3.05) is 7.05 Å². The van der Waals surface area contributed by atoms with Crippen molar-refractivity contribution in [2.24, 2.45) is 0 Å². The summed E-state index contributed by atoms with van der Waals surface area (Å²) in [6, 6.07) is 22.6. The van der Waals surface area contributed by atoms with Gasteiger partial charge < -0.3 is 9.64 Å². The zero-order valence-corrected chi connectivity index (χ0v) is 19.0. The van der Waals surface area contributed by atoms with Gasteiger partial charge in [0.1, 0.15) is 18.8 Å². The highest BCUT2D eigenvalue weighted by Gasteiger charge is 2.29. The van der Waals surface area contributed by atoms with Crippen LogP contribution < -0.4 is 0 Å². The van der Waals surface area contributed by atoms with E-state index in [1.165, 1.54) is 6.33 Å². The van der Waals surface area contributed by atoms with E-state index >= 15 is 0 Å². The Balaban J connectivity index is 1.35. The van der Waals surface area contributed by atoms with Crippen molar-refractivity contribution in [1.29, 1.82) is 0 Å². The largest absolute Gasteiger partial charge is 0.454 e. The van der Waals surface area contributed by atoms with E-state index < -0.39 is 0 Å². The number of aromatic nitrogens is 3. The molecule has 0 fully saturated rings. The maximum Gasteiger partial charge on any atom is 0.339 e. The predicted octanol–water partition coefficient (Wildman–Crippen LogP) is 4.55. The Morgan fingerprint density at radius 2 is 1.85 bits per heavy atom. The zero-order valence-electron chi connectivity index (χ0n) is 19.0. The van der Waals surface area contributed by atoms with Gasteiger partial charge in [-0.2, -0.15) is 5.10 Å². The molecule has 1 amide bonds. The molecular formula is C27H24N4O3. The number of nitrogens with zero attached hydrogens (tertiary/aromatic N) is 4. The fourth-order valence-corrected chi connectivity index (χ4v) is 4.23. The highest BCUT2D eigenvalue weighted by atomic mass is 16.5. The highest BCUT2D eigenvalue weighted by molar-refractivity contribution is 5.98. The van der Waals surface area contributed by atoms with Crippen molar-refractivity contribution in [3.05, 3.63) is 113 Å². The smallest absolute Gasteiger partial charge is 0.339 e. The van der Waals surface area contributed by atoms with Crippen LogP contribution in [0.1, 0.15) is 56.5 Å². The highest BCUT2D eigenvalue weighted by Crippen LogP contribution is 2.31. The summed E-state index contributed by atoms with van der Waals surface area (Å²) in [5, 5.41) is 4.14. The zero-order chi connectivity index (χ0) is 23.7. The third-order valence-electron chi connectivity index (χ3n) is 6.36. The molecule has 2 atom stereocenters. The fraction of sp³-hybridized carbons (Fsp3) is 0.185. The molecule has 4 aromatic rings. The third-order valence-corrected chi connectivity index (χ3v) is 6.36. The molecule has 0 saturated carbocycles. The van der Waals surface area contributed by atoms with Crippen molar-refractivity contribution in [1.82, 2.24) is 19.7 Å². The van der Waals surface area contributed by atoms with Crippen LogP contribution in [0.3, 0.4) is 0 Å². The molecule has 7 nitrogen and oxygen atoms in total. The van der Waals surface area contributed by atoms with Crippen LogP contribution in [-0.4, -0.2) is 38.6 Å². The molecule has 7 heteroatoms. The Kier molecular flexibility index (Phi) is 5.67. The van der Waals surface area contributed by atoms with E-state index in [1.54, 1.807) is 35.1 Å². The Bertz CT molecular complexity index is 1320. The van der Waals surface area contributed by atoms with E-state index in [4.69, 9.17) is 4.74 Å². The van der Waals surface area contributed by atoms with E-state index in [9.17, 15) is 9.59 Å². The minimum absolute atomic E-state index is 0.106. The molecule has 3 aromatic carbocycles. The topological polar surface area (TPSA) is 77.3 Å². The number of esters is 1. The van der Waals surface area contributed by atoms with Crippen molar-refractivity contribution < 1.29 is 14.3 Å². The van der Waals surface area contributed by atoms with Crippen LogP contribution in [0.5, 0.6) is 0 Å². The Morgan fingerprint density at radius 3 is 2.56 bits per heavy atom. The minimum atomic E-state index is -0.358. The van der Waals surface area contributed by atoms with Crippen LogP contribution in [0.4, 0.5) is 0 Å². The molecule has 5 rings (SSSR count). The van der Waals surface area contributed by atoms with E-state index in [0.717, 1.165) is 22.4 Å². The first kappa shape index (κ1) is 21.6. The Hall–Kier alpha value is -4.26. The lowest BCUT2D eigenvalue weighted by Gasteiger charge is -2.28. The number of ether oxygens (including phenoxy) is 1. The van der Waals surface area contributed by atoms with Crippen LogP contribution in [0.15, 0.2) is 85.5 Å². The average Bonchev–Trinajstić information content (AvgIpc) is 3.43. The van der Waals surface area contributed by atoms with Gasteiger partial charge in [0.15, 0.2) is 0 Å². The number of cyclic esters (lactones) is 1. The number of carbonyl (C=O) groups is 2. The van der Waals surface area contributed by atoms with Gasteiger partial charge in [-0.3, -0.25) is 4.79 Å². The number of carbonyl (C=O) groups excluding carboxylic acids is 2. The van der Waals surface area contributed by atoms with Crippen molar-refractivity contribution in [3.8, 4) is 5.69 Å². The van der Waals surface area contributed by atoms with Crippen molar-refractivity contribution >= 4 is 11.9 Å². The normalized spacial score (nSPS) is 15.8. The molecule has 0 aliphatic carbocycles. The minimum Gasteiger partial charge on any atom is -0.454 e. The summed E-state index contributed by atoms with van der Waals surface area (Å²) in [7, 11) is 1.79. The lowest BCUT2D eigenvalue weighted by molar-refractivity contribution is 0.0252. The molecule has 2 heterocycles. The maximum atomic E-state index is 13.3. The second-order valence-electron chi connectivity index (χ2n) is 8.40. The molecule has 0 unspecified atom stereocenters. The molecule has 34 heavy (non-hydrogen) atoms. The summed E-state index contributed by atoms with van der Waals surface area (Å²) in [5.41, 5.74) is 4.74. The van der Waals surface area contributed by atoms with E-state index in [2.05, 4.69) is 10.1 Å². The number of amides is 1. The van der Waals surface area contributed by atoms with Gasteiger partial charge >= 0.3 is 5.97 Å². The van der Waals surface area contributed by atoms with E-state index in [1.807, 2.05) is 67.6 Å². The number of rotatable bonds is 5. The SMILES string of the molecule is C[C@@H](c1ccc(-n2cncn2)cc1)N(C)C(=O)c1ccc2c(c1)C[C@H](c1ccccc1)OC2=O. The summed E-state index contributed by atoms with van der Waals surface area (Å²) in [6.45, 7) is 1.99. The molecule has 1 aliphatic rings. The first-order valence-corrected chi connectivity index (χ1v) is 11.1. The average molecular weight is 453 g/mol. The monoisotopic (exact) mass is 452 g/mol. The van der Waals surface area contributed by atoms with Gasteiger partial charge in [-0.05, 0) is 53.9 Å². The quantitative estimate of drug-likeness (QED) is 0.415. The number of benzene rings is 3. The van der Waals surface area contributed by atoms with Crippen LogP contribution in [0.2, 0.25) is 0 Å². The molecule has 0 N–H and O–H groups in total. The lowest BCUT2D eigenvalue weighted by atomic mass is 9.93. The van der Waals surface area contributed by atoms with E-state index in [-0.39, 0.29) is 24.0 Å². The molecule has 0 bridgehead atoms. The summed E-state index contributed by atoms with van der Waals surface area (Å²) >= 11 is 0. The van der Waals surface area contributed by atoms with Crippen LogP contribution in [0.25, 0.3) is 5.69 Å². The molecular weight excluding hydrogens is 428 g/mol. The summed E-state index contributed by atoms with van der Waals surface area (Å²) in [6.07, 6.45) is 3.31. The molecule has 170 valence electrons. The summed E-state index contributed by atoms with van der Waals surface area (Å²) in [4.78, 5) is 31.6. The van der Waals surface area contributed by atoms with Gasteiger partial charge in [-0.1, -0.05) is 42.5 Å². The Morgan fingerprint density at radius 1 is 1.09 bits per heavy atom. The first-order valence-electron chi connectivity index (χ1n) is 11.1. The summed E-state index contributed by atoms with van der Waals surface area (Å²) in [5.74, 6) is -0.464. The van der Waals surface area contributed by atoms with Gasteiger partial charge in [0, 0.05) is 19.0 Å². The molecule has 1 aromatic heterocycles. The molecule has 0 saturated heterocycles. The van der Waals surface area contributed by atoms with Gasteiger partial charge in [-0.25, -0.2) is 14.5 Å². The third kappa shape index (κ3) is 4.08. The van der Waals surface area contributed by atoms with Crippen molar-refractivity contribution in [3.63, 3.8) is 0 Å². The van der Waals surface area contributed by atoms with Gasteiger partial charge in [0.2, 0.25) is 0 Å². The van der Waals surface area contributed by atoms with Crippen molar-refractivity contribution in [2.45, 2.75) is 25.5 Å². The fourth-order valence-electron chi connectivity index (χ4n) is 4.23. The Labute approximate surface area is 197 Å².